The SMILES string of the molecule is N/C(=N\O)c1ccccc1.N/C(=N\O)c1ccccc1. The zero-order chi connectivity index (χ0) is 14.8. The summed E-state index contributed by atoms with van der Waals surface area (Å²) in [6.07, 6.45) is 0. The summed E-state index contributed by atoms with van der Waals surface area (Å²) < 4.78 is 0. The second kappa shape index (κ2) is 8.15. The van der Waals surface area contributed by atoms with Gasteiger partial charge >= 0.3 is 0 Å². The van der Waals surface area contributed by atoms with Crippen molar-refractivity contribution in [2.75, 3.05) is 0 Å². The molecule has 0 amide bonds. The van der Waals surface area contributed by atoms with Crippen LogP contribution in [0.5, 0.6) is 0 Å². The van der Waals surface area contributed by atoms with Crippen LogP contribution in [0, 0.1) is 0 Å². The summed E-state index contributed by atoms with van der Waals surface area (Å²) in [6, 6.07) is 18.1. The molecular weight excluding hydrogens is 256 g/mol. The maximum Gasteiger partial charge on any atom is 0.170 e. The van der Waals surface area contributed by atoms with Gasteiger partial charge in [-0.3, -0.25) is 0 Å². The van der Waals surface area contributed by atoms with Gasteiger partial charge in [-0.15, -0.1) is 0 Å². The molecule has 0 atom stereocenters. The average molecular weight is 272 g/mol. The highest BCUT2D eigenvalue weighted by Crippen LogP contribution is 1.96. The maximum atomic E-state index is 8.25. The van der Waals surface area contributed by atoms with Crippen molar-refractivity contribution in [3.05, 3.63) is 71.8 Å². The molecule has 0 unspecified atom stereocenters. The molecule has 0 bridgehead atoms. The highest BCUT2D eigenvalue weighted by molar-refractivity contribution is 5.97. The smallest absolute Gasteiger partial charge is 0.170 e. The highest BCUT2D eigenvalue weighted by Gasteiger charge is 1.94. The molecule has 2 aromatic rings. The summed E-state index contributed by atoms with van der Waals surface area (Å²) in [5, 5.41) is 22.2. The second-order valence-corrected chi connectivity index (χ2v) is 3.70. The molecule has 0 aliphatic rings. The Bertz CT molecular complexity index is 515. The van der Waals surface area contributed by atoms with Crippen LogP contribution in [0.2, 0.25) is 0 Å². The van der Waals surface area contributed by atoms with Crippen LogP contribution < -0.4 is 11.5 Å². The minimum atomic E-state index is 0.139. The third-order valence-corrected chi connectivity index (χ3v) is 2.35. The van der Waals surface area contributed by atoms with Crippen molar-refractivity contribution in [1.29, 1.82) is 0 Å². The molecule has 0 saturated carbocycles. The van der Waals surface area contributed by atoms with E-state index >= 15 is 0 Å². The Balaban J connectivity index is 0.000000200. The third-order valence-electron chi connectivity index (χ3n) is 2.35. The second-order valence-electron chi connectivity index (χ2n) is 3.70. The zero-order valence-corrected chi connectivity index (χ0v) is 10.7. The van der Waals surface area contributed by atoms with E-state index in [0.29, 0.717) is 0 Å². The first-order valence-corrected chi connectivity index (χ1v) is 5.75. The maximum absolute atomic E-state index is 8.25. The summed E-state index contributed by atoms with van der Waals surface area (Å²) in [5.74, 6) is 0.279. The van der Waals surface area contributed by atoms with Gasteiger partial charge in [-0.05, 0) is 0 Å². The first-order chi connectivity index (χ1) is 9.69. The van der Waals surface area contributed by atoms with E-state index in [1.54, 1.807) is 24.3 Å². The van der Waals surface area contributed by atoms with E-state index in [-0.39, 0.29) is 11.7 Å². The standard InChI is InChI=1S/2C7H8N2O/c2*8-7(9-10)6-4-2-1-3-5-6/h2*1-5,10H,(H2,8,9). The third kappa shape index (κ3) is 4.69. The number of amidine groups is 2. The molecule has 0 aliphatic heterocycles. The van der Waals surface area contributed by atoms with Crippen molar-refractivity contribution in [2.45, 2.75) is 0 Å². The van der Waals surface area contributed by atoms with Gasteiger partial charge in [0.2, 0.25) is 0 Å². The zero-order valence-electron chi connectivity index (χ0n) is 10.7. The number of oxime groups is 2. The molecule has 0 spiro atoms. The molecule has 2 rings (SSSR count). The van der Waals surface area contributed by atoms with E-state index in [9.17, 15) is 0 Å². The predicted molar refractivity (Wildman–Crippen MR) is 77.9 cm³/mol. The molecule has 104 valence electrons. The number of hydrogen-bond donors (Lipinski definition) is 4. The number of benzene rings is 2. The van der Waals surface area contributed by atoms with Gasteiger partial charge in [0, 0.05) is 11.1 Å². The predicted octanol–water partition coefficient (Wildman–Crippen LogP) is 1.56. The van der Waals surface area contributed by atoms with Gasteiger partial charge in [0.1, 0.15) is 0 Å². The van der Waals surface area contributed by atoms with Crippen molar-refractivity contribution in [3.63, 3.8) is 0 Å². The molecule has 0 aromatic heterocycles. The van der Waals surface area contributed by atoms with Crippen molar-refractivity contribution in [3.8, 4) is 0 Å². The van der Waals surface area contributed by atoms with Gasteiger partial charge in [-0.2, -0.15) is 0 Å². The van der Waals surface area contributed by atoms with Crippen molar-refractivity contribution >= 4 is 11.7 Å². The van der Waals surface area contributed by atoms with Crippen LogP contribution in [0.3, 0.4) is 0 Å². The molecule has 0 aliphatic carbocycles. The molecule has 6 N–H and O–H groups in total. The summed E-state index contributed by atoms with van der Waals surface area (Å²) in [6.45, 7) is 0. The normalized spacial score (nSPS) is 11.4. The number of nitrogens with two attached hydrogens (primary N) is 2. The Hall–Kier alpha value is -3.02. The summed E-state index contributed by atoms with van der Waals surface area (Å²) in [7, 11) is 0. The van der Waals surface area contributed by atoms with Crippen LogP contribution in [0.15, 0.2) is 71.0 Å². The molecule has 2 aromatic carbocycles. The van der Waals surface area contributed by atoms with E-state index < -0.39 is 0 Å². The average Bonchev–Trinajstić information content (AvgIpc) is 2.55. The molecule has 0 saturated heterocycles. The van der Waals surface area contributed by atoms with Crippen LogP contribution >= 0.6 is 0 Å². The number of hydrogen-bond acceptors (Lipinski definition) is 4. The largest absolute Gasteiger partial charge is 0.409 e. The molecule has 6 heteroatoms. The van der Waals surface area contributed by atoms with Crippen LogP contribution in [0.4, 0.5) is 0 Å². The lowest BCUT2D eigenvalue weighted by Crippen LogP contribution is -2.12. The van der Waals surface area contributed by atoms with E-state index in [2.05, 4.69) is 10.3 Å². The van der Waals surface area contributed by atoms with E-state index in [1.165, 1.54) is 0 Å². The van der Waals surface area contributed by atoms with E-state index in [0.717, 1.165) is 11.1 Å². The Morgan fingerprint density at radius 2 is 0.950 bits per heavy atom. The van der Waals surface area contributed by atoms with Crippen LogP contribution in [0.25, 0.3) is 0 Å². The van der Waals surface area contributed by atoms with Crippen LogP contribution in [-0.4, -0.2) is 22.1 Å². The monoisotopic (exact) mass is 272 g/mol. The Morgan fingerprint density at radius 3 is 1.20 bits per heavy atom. The summed E-state index contributed by atoms with van der Waals surface area (Å²) >= 11 is 0. The van der Waals surface area contributed by atoms with Gasteiger partial charge in [-0.25, -0.2) is 0 Å². The lowest BCUT2D eigenvalue weighted by molar-refractivity contribution is 0.318. The van der Waals surface area contributed by atoms with Gasteiger partial charge in [0.05, 0.1) is 0 Å². The topological polar surface area (TPSA) is 117 Å². The molecule has 20 heavy (non-hydrogen) atoms. The fraction of sp³-hybridized carbons (Fsp3) is 0. The van der Waals surface area contributed by atoms with E-state index in [4.69, 9.17) is 21.9 Å². The minimum absolute atomic E-state index is 0.139. The lowest BCUT2D eigenvalue weighted by atomic mass is 10.2. The minimum Gasteiger partial charge on any atom is -0.409 e. The van der Waals surface area contributed by atoms with Gasteiger partial charge in [0.15, 0.2) is 11.7 Å². The summed E-state index contributed by atoms with van der Waals surface area (Å²) in [5.41, 5.74) is 12.0. The fourth-order valence-corrected chi connectivity index (χ4v) is 1.33. The number of nitrogens with zero attached hydrogens (tertiary/aromatic N) is 2. The molecule has 0 radical (unpaired) electrons. The van der Waals surface area contributed by atoms with Gasteiger partial charge < -0.3 is 21.9 Å². The van der Waals surface area contributed by atoms with Gasteiger partial charge in [-0.1, -0.05) is 71.0 Å². The Morgan fingerprint density at radius 1 is 0.650 bits per heavy atom. The first-order valence-electron chi connectivity index (χ1n) is 5.75. The van der Waals surface area contributed by atoms with Gasteiger partial charge in [0.25, 0.3) is 0 Å². The lowest BCUT2D eigenvalue weighted by Gasteiger charge is -1.94. The van der Waals surface area contributed by atoms with Crippen molar-refractivity contribution < 1.29 is 10.4 Å². The fourth-order valence-electron chi connectivity index (χ4n) is 1.33. The molecule has 0 fully saturated rings. The Labute approximate surface area is 116 Å². The van der Waals surface area contributed by atoms with Crippen LogP contribution in [-0.2, 0) is 0 Å². The molecular formula is C14H16N4O2. The molecule has 6 nitrogen and oxygen atoms in total. The van der Waals surface area contributed by atoms with Crippen molar-refractivity contribution in [1.82, 2.24) is 0 Å². The van der Waals surface area contributed by atoms with Crippen molar-refractivity contribution in [2.24, 2.45) is 21.8 Å². The van der Waals surface area contributed by atoms with E-state index in [1.807, 2.05) is 36.4 Å². The number of rotatable bonds is 2. The first kappa shape index (κ1) is 15.0. The highest BCUT2D eigenvalue weighted by atomic mass is 16.4. The summed E-state index contributed by atoms with van der Waals surface area (Å²) in [4.78, 5) is 0. The molecule has 0 heterocycles. The van der Waals surface area contributed by atoms with Crippen LogP contribution in [0.1, 0.15) is 11.1 Å². The quantitative estimate of drug-likeness (QED) is 0.287. The Kier molecular flexibility index (Phi) is 6.13.